The Hall–Kier alpha value is -2.11. The van der Waals surface area contributed by atoms with Crippen molar-refractivity contribution in [3.63, 3.8) is 0 Å². The zero-order valence-electron chi connectivity index (χ0n) is 13.3. The number of fused-ring (bicyclic) bond motifs is 1. The molecule has 0 saturated heterocycles. The van der Waals surface area contributed by atoms with Crippen LogP contribution in [0.1, 0.15) is 22.6 Å². The second kappa shape index (κ2) is 6.65. The van der Waals surface area contributed by atoms with Crippen molar-refractivity contribution in [2.45, 2.75) is 19.4 Å². The molecule has 0 fully saturated rings. The lowest BCUT2D eigenvalue weighted by Crippen LogP contribution is -2.12. The zero-order chi connectivity index (χ0) is 17.4. The first-order valence-electron chi connectivity index (χ1n) is 8.03. The highest BCUT2D eigenvalue weighted by atomic mass is 79.9. The average molecular weight is 417 g/mol. The molecule has 25 heavy (non-hydrogen) atoms. The third kappa shape index (κ3) is 3.22. The van der Waals surface area contributed by atoms with Gasteiger partial charge in [-0.2, -0.15) is 0 Å². The van der Waals surface area contributed by atoms with Gasteiger partial charge in [-0.1, -0.05) is 39.7 Å². The van der Waals surface area contributed by atoms with Gasteiger partial charge in [0.1, 0.15) is 5.82 Å². The van der Waals surface area contributed by atoms with Crippen LogP contribution in [-0.4, -0.2) is 15.5 Å². The van der Waals surface area contributed by atoms with Crippen LogP contribution in [0.5, 0.6) is 0 Å². The van der Waals surface area contributed by atoms with Gasteiger partial charge in [0, 0.05) is 28.7 Å². The summed E-state index contributed by atoms with van der Waals surface area (Å²) in [6.07, 6.45) is 4.06. The van der Waals surface area contributed by atoms with Crippen molar-refractivity contribution < 1.29 is 4.79 Å². The van der Waals surface area contributed by atoms with Crippen LogP contribution in [0.3, 0.4) is 0 Å². The van der Waals surface area contributed by atoms with E-state index in [1.54, 1.807) is 18.2 Å². The standard InChI is InChI=1S/C19H15BrClN3O/c20-13-6-7-16(21)15(10-13)19(25)23-14-4-1-3-12(9-14)17-11-22-18-5-2-8-24(17)18/h1,3-4,6-7,9-11H,2,5,8H2,(H,23,25). The molecule has 4 rings (SSSR count). The molecule has 0 aliphatic carbocycles. The fourth-order valence-electron chi connectivity index (χ4n) is 3.11. The second-order valence-electron chi connectivity index (χ2n) is 5.97. The van der Waals surface area contributed by atoms with Crippen molar-refractivity contribution in [3.8, 4) is 11.3 Å². The molecule has 6 heteroatoms. The molecule has 1 aromatic heterocycles. The number of imidazole rings is 1. The van der Waals surface area contributed by atoms with E-state index in [4.69, 9.17) is 11.6 Å². The van der Waals surface area contributed by atoms with E-state index in [1.165, 1.54) is 0 Å². The van der Waals surface area contributed by atoms with Crippen LogP contribution < -0.4 is 5.32 Å². The average Bonchev–Trinajstić information content (AvgIpc) is 3.20. The lowest BCUT2D eigenvalue weighted by Gasteiger charge is -2.10. The van der Waals surface area contributed by atoms with Crippen molar-refractivity contribution in [2.75, 3.05) is 5.32 Å². The quantitative estimate of drug-likeness (QED) is 0.640. The van der Waals surface area contributed by atoms with Gasteiger partial charge < -0.3 is 9.88 Å². The Labute approximate surface area is 159 Å². The Morgan fingerprint density at radius 3 is 3.00 bits per heavy atom. The number of carbonyl (C=O) groups excluding carboxylic acids is 1. The van der Waals surface area contributed by atoms with Crippen LogP contribution in [0.25, 0.3) is 11.3 Å². The first-order chi connectivity index (χ1) is 12.1. The molecule has 4 nitrogen and oxygen atoms in total. The number of nitrogens with one attached hydrogen (secondary N) is 1. The number of aromatic nitrogens is 2. The highest BCUT2D eigenvalue weighted by Gasteiger charge is 2.17. The summed E-state index contributed by atoms with van der Waals surface area (Å²) in [5.41, 5.74) is 3.29. The summed E-state index contributed by atoms with van der Waals surface area (Å²) in [5, 5.41) is 3.34. The van der Waals surface area contributed by atoms with Gasteiger partial charge in [-0.25, -0.2) is 4.98 Å². The molecule has 2 heterocycles. The number of nitrogens with zero attached hydrogens (tertiary/aromatic N) is 2. The maximum atomic E-state index is 12.5. The fraction of sp³-hybridized carbons (Fsp3) is 0.158. The summed E-state index contributed by atoms with van der Waals surface area (Å²) >= 11 is 9.51. The summed E-state index contributed by atoms with van der Waals surface area (Å²) in [6.45, 7) is 0.995. The summed E-state index contributed by atoms with van der Waals surface area (Å²) in [5.74, 6) is 0.896. The van der Waals surface area contributed by atoms with E-state index in [0.29, 0.717) is 10.6 Å². The summed E-state index contributed by atoms with van der Waals surface area (Å²) in [4.78, 5) is 17.0. The topological polar surface area (TPSA) is 46.9 Å². The van der Waals surface area contributed by atoms with Crippen LogP contribution in [-0.2, 0) is 13.0 Å². The van der Waals surface area contributed by atoms with Gasteiger partial charge in [0.2, 0.25) is 0 Å². The third-order valence-corrected chi connectivity index (χ3v) is 5.13. The fourth-order valence-corrected chi connectivity index (χ4v) is 3.68. The third-order valence-electron chi connectivity index (χ3n) is 4.31. The van der Waals surface area contributed by atoms with E-state index >= 15 is 0 Å². The van der Waals surface area contributed by atoms with Crippen molar-refractivity contribution in [1.82, 2.24) is 9.55 Å². The molecule has 1 N–H and O–H groups in total. The summed E-state index contributed by atoms with van der Waals surface area (Å²) < 4.78 is 3.05. The van der Waals surface area contributed by atoms with Gasteiger partial charge >= 0.3 is 0 Å². The van der Waals surface area contributed by atoms with E-state index in [9.17, 15) is 4.79 Å². The Morgan fingerprint density at radius 1 is 1.24 bits per heavy atom. The molecule has 0 radical (unpaired) electrons. The molecule has 0 saturated carbocycles. The zero-order valence-corrected chi connectivity index (χ0v) is 15.6. The lowest BCUT2D eigenvalue weighted by atomic mass is 10.1. The van der Waals surface area contributed by atoms with Crippen molar-refractivity contribution in [2.24, 2.45) is 0 Å². The van der Waals surface area contributed by atoms with Crippen LogP contribution in [0.2, 0.25) is 5.02 Å². The van der Waals surface area contributed by atoms with E-state index in [-0.39, 0.29) is 5.91 Å². The molecule has 1 amide bonds. The van der Waals surface area contributed by atoms with E-state index in [1.807, 2.05) is 30.5 Å². The second-order valence-corrected chi connectivity index (χ2v) is 7.30. The number of benzene rings is 2. The molecule has 0 spiro atoms. The number of halogens is 2. The lowest BCUT2D eigenvalue weighted by molar-refractivity contribution is 0.102. The molecule has 126 valence electrons. The van der Waals surface area contributed by atoms with Gasteiger partial charge in [0.05, 0.1) is 22.5 Å². The molecular formula is C19H15BrClN3O. The van der Waals surface area contributed by atoms with Crippen molar-refractivity contribution in [3.05, 3.63) is 69.5 Å². The van der Waals surface area contributed by atoms with Crippen molar-refractivity contribution in [1.29, 1.82) is 0 Å². The number of amides is 1. The number of carbonyl (C=O) groups is 1. The maximum Gasteiger partial charge on any atom is 0.257 e. The van der Waals surface area contributed by atoms with Crippen LogP contribution in [0.4, 0.5) is 5.69 Å². The van der Waals surface area contributed by atoms with Gasteiger partial charge in [0.15, 0.2) is 0 Å². The van der Waals surface area contributed by atoms with E-state index in [2.05, 4.69) is 30.8 Å². The Balaban J connectivity index is 1.61. The minimum atomic E-state index is -0.234. The number of hydrogen-bond acceptors (Lipinski definition) is 2. The van der Waals surface area contributed by atoms with E-state index in [0.717, 1.165) is 46.6 Å². The summed E-state index contributed by atoms with van der Waals surface area (Å²) in [7, 11) is 0. The number of anilines is 1. The normalized spacial score (nSPS) is 12.9. The molecular weight excluding hydrogens is 402 g/mol. The molecule has 1 aliphatic rings. The molecule has 3 aromatic rings. The van der Waals surface area contributed by atoms with Crippen LogP contribution in [0.15, 0.2) is 53.1 Å². The van der Waals surface area contributed by atoms with Gasteiger partial charge in [-0.3, -0.25) is 4.79 Å². The molecule has 0 unspecified atom stereocenters. The minimum Gasteiger partial charge on any atom is -0.328 e. The predicted octanol–water partition coefficient (Wildman–Crippen LogP) is 5.16. The number of hydrogen-bond donors (Lipinski definition) is 1. The van der Waals surface area contributed by atoms with E-state index < -0.39 is 0 Å². The van der Waals surface area contributed by atoms with Gasteiger partial charge in [0.25, 0.3) is 5.91 Å². The van der Waals surface area contributed by atoms with Crippen molar-refractivity contribution >= 4 is 39.1 Å². The largest absolute Gasteiger partial charge is 0.328 e. The van der Waals surface area contributed by atoms with Gasteiger partial charge in [-0.15, -0.1) is 0 Å². The number of rotatable bonds is 3. The Morgan fingerprint density at radius 2 is 2.12 bits per heavy atom. The summed E-state index contributed by atoms with van der Waals surface area (Å²) in [6, 6.07) is 13.0. The molecule has 1 aliphatic heterocycles. The predicted molar refractivity (Wildman–Crippen MR) is 103 cm³/mol. The number of aryl methyl sites for hydroxylation is 1. The minimum absolute atomic E-state index is 0.234. The monoisotopic (exact) mass is 415 g/mol. The van der Waals surface area contributed by atoms with Crippen LogP contribution in [0, 0.1) is 0 Å². The van der Waals surface area contributed by atoms with Gasteiger partial charge in [-0.05, 0) is 36.8 Å². The maximum absolute atomic E-state index is 12.5. The Kier molecular flexibility index (Phi) is 4.36. The molecule has 0 bridgehead atoms. The highest BCUT2D eigenvalue weighted by Crippen LogP contribution is 2.28. The highest BCUT2D eigenvalue weighted by molar-refractivity contribution is 9.10. The Bertz CT molecular complexity index is 967. The first-order valence-corrected chi connectivity index (χ1v) is 9.20. The molecule has 0 atom stereocenters. The van der Waals surface area contributed by atoms with Crippen LogP contribution >= 0.6 is 27.5 Å². The smallest absolute Gasteiger partial charge is 0.257 e. The molecule has 2 aromatic carbocycles. The SMILES string of the molecule is O=C(Nc1cccc(-c2cnc3n2CCC3)c1)c1cc(Br)ccc1Cl. The first kappa shape index (κ1) is 16.4.